The Kier molecular flexibility index (Phi) is 4.80. The van der Waals surface area contributed by atoms with Crippen LogP contribution in [0.15, 0.2) is 18.2 Å². The van der Waals surface area contributed by atoms with Gasteiger partial charge in [-0.15, -0.1) is 0 Å². The van der Waals surface area contributed by atoms with E-state index in [1.165, 1.54) is 0 Å². The Morgan fingerprint density at radius 3 is 2.90 bits per heavy atom. The Morgan fingerprint density at radius 2 is 2.29 bits per heavy atom. The molecule has 1 aliphatic rings. The van der Waals surface area contributed by atoms with Crippen LogP contribution in [0.1, 0.15) is 25.8 Å². The summed E-state index contributed by atoms with van der Waals surface area (Å²) in [5, 5.41) is 10.9. The van der Waals surface area contributed by atoms with Crippen LogP contribution in [0.25, 0.3) is 0 Å². The van der Waals surface area contributed by atoms with Crippen molar-refractivity contribution in [1.29, 1.82) is 0 Å². The summed E-state index contributed by atoms with van der Waals surface area (Å²) in [4.78, 5) is 12.8. The molecule has 0 saturated carbocycles. The second kappa shape index (κ2) is 6.41. The van der Waals surface area contributed by atoms with Crippen molar-refractivity contribution in [3.63, 3.8) is 0 Å². The molecule has 1 aromatic rings. The fourth-order valence-corrected chi connectivity index (χ4v) is 2.62. The van der Waals surface area contributed by atoms with Crippen LogP contribution in [-0.4, -0.2) is 37.3 Å². The maximum atomic E-state index is 10.9. The van der Waals surface area contributed by atoms with Gasteiger partial charge >= 0.3 is 0 Å². The van der Waals surface area contributed by atoms with Gasteiger partial charge in [-0.3, -0.25) is 10.1 Å². The summed E-state index contributed by atoms with van der Waals surface area (Å²) in [6, 6.07) is 4.96. The average molecular weight is 294 g/mol. The van der Waals surface area contributed by atoms with Crippen molar-refractivity contribution in [2.75, 3.05) is 31.7 Å². The minimum Gasteiger partial charge on any atom is -0.380 e. The minimum absolute atomic E-state index is 0.0947. The molecule has 6 nitrogen and oxygen atoms in total. The monoisotopic (exact) mass is 294 g/mol. The molecule has 1 saturated heterocycles. The number of nitro groups is 1. The van der Waals surface area contributed by atoms with Crippen LogP contribution in [0.4, 0.5) is 11.4 Å². The molecule has 1 aliphatic heterocycles. The molecule has 21 heavy (non-hydrogen) atoms. The summed E-state index contributed by atoms with van der Waals surface area (Å²) >= 11 is 0. The SMILES string of the molecule is CCC1(C)CN(c2ccc([N+](=O)[O-])cc2COC)CCO1. The van der Waals surface area contributed by atoms with Crippen molar-refractivity contribution in [2.45, 2.75) is 32.5 Å². The summed E-state index contributed by atoms with van der Waals surface area (Å²) in [7, 11) is 1.60. The molecule has 1 unspecified atom stereocenters. The van der Waals surface area contributed by atoms with E-state index < -0.39 is 0 Å². The predicted octanol–water partition coefficient (Wildman–Crippen LogP) is 2.75. The van der Waals surface area contributed by atoms with E-state index in [4.69, 9.17) is 9.47 Å². The zero-order valence-electron chi connectivity index (χ0n) is 12.8. The fourth-order valence-electron chi connectivity index (χ4n) is 2.62. The summed E-state index contributed by atoms with van der Waals surface area (Å²) < 4.78 is 11.0. The maximum Gasteiger partial charge on any atom is 0.269 e. The molecule has 0 radical (unpaired) electrons. The van der Waals surface area contributed by atoms with Crippen LogP contribution in [0.2, 0.25) is 0 Å². The van der Waals surface area contributed by atoms with Crippen molar-refractivity contribution in [1.82, 2.24) is 0 Å². The molecule has 116 valence electrons. The van der Waals surface area contributed by atoms with E-state index in [0.29, 0.717) is 13.2 Å². The lowest BCUT2D eigenvalue weighted by molar-refractivity contribution is -0.384. The number of hydrogen-bond donors (Lipinski definition) is 0. The topological polar surface area (TPSA) is 64.8 Å². The van der Waals surface area contributed by atoms with E-state index in [1.807, 2.05) is 6.07 Å². The van der Waals surface area contributed by atoms with Gasteiger partial charge in [0.05, 0.1) is 23.7 Å². The van der Waals surface area contributed by atoms with Crippen molar-refractivity contribution < 1.29 is 14.4 Å². The maximum absolute atomic E-state index is 10.9. The highest BCUT2D eigenvalue weighted by atomic mass is 16.6. The second-order valence-electron chi connectivity index (χ2n) is 5.58. The second-order valence-corrected chi connectivity index (χ2v) is 5.58. The van der Waals surface area contributed by atoms with E-state index in [1.54, 1.807) is 19.2 Å². The number of nitrogens with zero attached hydrogens (tertiary/aromatic N) is 2. The molecule has 1 atom stereocenters. The minimum atomic E-state index is -0.377. The number of methoxy groups -OCH3 is 1. The van der Waals surface area contributed by atoms with Gasteiger partial charge in [-0.05, 0) is 19.4 Å². The molecular formula is C15H22N2O4. The predicted molar refractivity (Wildman–Crippen MR) is 80.7 cm³/mol. The summed E-state index contributed by atoms with van der Waals surface area (Å²) in [6.07, 6.45) is 0.927. The van der Waals surface area contributed by atoms with E-state index in [9.17, 15) is 10.1 Å². The molecule has 0 aromatic heterocycles. The lowest BCUT2D eigenvalue weighted by Crippen LogP contribution is -2.50. The molecule has 0 bridgehead atoms. The van der Waals surface area contributed by atoms with Gasteiger partial charge in [0, 0.05) is 43.6 Å². The van der Waals surface area contributed by atoms with Crippen LogP contribution >= 0.6 is 0 Å². The normalized spacial score (nSPS) is 22.3. The number of non-ortho nitro benzene ring substituents is 1. The van der Waals surface area contributed by atoms with E-state index >= 15 is 0 Å². The quantitative estimate of drug-likeness (QED) is 0.617. The molecule has 1 heterocycles. The van der Waals surface area contributed by atoms with E-state index in [-0.39, 0.29) is 16.2 Å². The van der Waals surface area contributed by atoms with Gasteiger partial charge in [0.2, 0.25) is 0 Å². The van der Waals surface area contributed by atoms with Gasteiger partial charge in [0.25, 0.3) is 5.69 Å². The first kappa shape index (κ1) is 15.7. The Balaban J connectivity index is 2.31. The van der Waals surface area contributed by atoms with Gasteiger partial charge in [-0.2, -0.15) is 0 Å². The van der Waals surface area contributed by atoms with E-state index in [2.05, 4.69) is 18.7 Å². The number of ether oxygens (including phenoxy) is 2. The molecule has 1 aromatic carbocycles. The Bertz CT molecular complexity index is 520. The molecule has 0 N–H and O–H groups in total. The number of morpholine rings is 1. The third-order valence-electron chi connectivity index (χ3n) is 4.00. The lowest BCUT2D eigenvalue weighted by Gasteiger charge is -2.41. The van der Waals surface area contributed by atoms with Gasteiger partial charge in [-0.25, -0.2) is 0 Å². The zero-order chi connectivity index (χ0) is 15.5. The van der Waals surface area contributed by atoms with Crippen LogP contribution in [0.5, 0.6) is 0 Å². The van der Waals surface area contributed by atoms with E-state index in [0.717, 1.165) is 30.8 Å². The number of nitro benzene ring substituents is 1. The largest absolute Gasteiger partial charge is 0.380 e. The third kappa shape index (κ3) is 3.51. The first-order valence-corrected chi connectivity index (χ1v) is 7.14. The van der Waals surface area contributed by atoms with Crippen LogP contribution in [0, 0.1) is 10.1 Å². The highest BCUT2D eigenvalue weighted by Gasteiger charge is 2.31. The molecule has 1 fully saturated rings. The molecular weight excluding hydrogens is 272 g/mol. The number of rotatable bonds is 5. The number of benzene rings is 1. The zero-order valence-corrected chi connectivity index (χ0v) is 12.8. The summed E-state index contributed by atoms with van der Waals surface area (Å²) in [5.74, 6) is 0. The lowest BCUT2D eigenvalue weighted by atomic mass is 9.99. The Labute approximate surface area is 124 Å². The highest BCUT2D eigenvalue weighted by Crippen LogP contribution is 2.30. The standard InChI is InChI=1S/C15H22N2O4/c1-4-15(2)11-16(7-8-21-15)14-6-5-13(17(18)19)9-12(14)10-20-3/h5-6,9H,4,7-8,10-11H2,1-3H3. The summed E-state index contributed by atoms with van der Waals surface area (Å²) in [5.41, 5.74) is 1.75. The Morgan fingerprint density at radius 1 is 1.52 bits per heavy atom. The van der Waals surface area contributed by atoms with Gasteiger partial charge < -0.3 is 14.4 Å². The average Bonchev–Trinajstić information content (AvgIpc) is 2.47. The molecule has 0 aliphatic carbocycles. The van der Waals surface area contributed by atoms with Crippen molar-refractivity contribution in [2.24, 2.45) is 0 Å². The Hall–Kier alpha value is -1.66. The summed E-state index contributed by atoms with van der Waals surface area (Å²) in [6.45, 7) is 6.78. The fraction of sp³-hybridized carbons (Fsp3) is 0.600. The van der Waals surface area contributed by atoms with Crippen molar-refractivity contribution in [3.05, 3.63) is 33.9 Å². The van der Waals surface area contributed by atoms with Gasteiger partial charge in [0.15, 0.2) is 0 Å². The first-order valence-electron chi connectivity index (χ1n) is 7.14. The first-order chi connectivity index (χ1) is 9.99. The smallest absolute Gasteiger partial charge is 0.269 e. The third-order valence-corrected chi connectivity index (χ3v) is 4.00. The molecule has 2 rings (SSSR count). The molecule has 6 heteroatoms. The van der Waals surface area contributed by atoms with Crippen molar-refractivity contribution >= 4 is 11.4 Å². The molecule has 0 spiro atoms. The highest BCUT2D eigenvalue weighted by molar-refractivity contribution is 5.58. The van der Waals surface area contributed by atoms with Gasteiger partial charge in [-0.1, -0.05) is 6.92 Å². The van der Waals surface area contributed by atoms with Crippen LogP contribution < -0.4 is 4.90 Å². The number of anilines is 1. The molecule has 0 amide bonds. The number of hydrogen-bond acceptors (Lipinski definition) is 5. The van der Waals surface area contributed by atoms with Crippen LogP contribution in [0.3, 0.4) is 0 Å². The van der Waals surface area contributed by atoms with Crippen molar-refractivity contribution in [3.8, 4) is 0 Å². The van der Waals surface area contributed by atoms with Gasteiger partial charge in [0.1, 0.15) is 0 Å². The van der Waals surface area contributed by atoms with Crippen LogP contribution in [-0.2, 0) is 16.1 Å².